The van der Waals surface area contributed by atoms with Crippen molar-refractivity contribution in [1.29, 1.82) is 0 Å². The van der Waals surface area contributed by atoms with Crippen molar-refractivity contribution in [2.24, 2.45) is 5.92 Å². The van der Waals surface area contributed by atoms with Crippen molar-refractivity contribution in [3.05, 3.63) is 89.9 Å². The number of aromatic nitrogens is 3. The van der Waals surface area contributed by atoms with E-state index in [9.17, 15) is 9.59 Å². The van der Waals surface area contributed by atoms with Gasteiger partial charge >= 0.3 is 11.9 Å². The Morgan fingerprint density at radius 1 is 0.973 bits per heavy atom. The van der Waals surface area contributed by atoms with Crippen molar-refractivity contribution < 1.29 is 28.5 Å². The standard InChI is InChI=1S/C28H25N3O6/c1-16-8-10-19(11-9-16)28(33)37-24-21-23(24)36-27(25(21)35-17(2)32)31-15-30-22-20(31)12-13-29-26(22)34-14-18-6-4-3-5-7-18/h3-13,15,21,23-25,27H,14H2,1-2H3/t21?,23-,24?,25+,27+/m0/s1. The summed E-state index contributed by atoms with van der Waals surface area (Å²) < 4.78 is 25.4. The lowest BCUT2D eigenvalue weighted by Gasteiger charge is -2.25. The van der Waals surface area contributed by atoms with E-state index in [0.29, 0.717) is 23.6 Å². The normalized spacial score (nSPS) is 23.9. The summed E-state index contributed by atoms with van der Waals surface area (Å²) in [5.41, 5.74) is 3.84. The number of benzene rings is 2. The molecular formula is C28H25N3O6. The third-order valence-corrected chi connectivity index (χ3v) is 6.68. The second-order valence-corrected chi connectivity index (χ2v) is 9.29. The van der Waals surface area contributed by atoms with Crippen molar-refractivity contribution in [3.63, 3.8) is 0 Å². The number of hydrogen-bond donors (Lipinski definition) is 0. The first-order valence-corrected chi connectivity index (χ1v) is 12.1. The summed E-state index contributed by atoms with van der Waals surface area (Å²) in [5, 5.41) is 0. The molecule has 2 fully saturated rings. The minimum absolute atomic E-state index is 0.267. The highest BCUT2D eigenvalue weighted by Crippen LogP contribution is 2.53. The molecule has 2 aromatic heterocycles. The fourth-order valence-electron chi connectivity index (χ4n) is 4.80. The van der Waals surface area contributed by atoms with E-state index in [4.69, 9.17) is 18.9 Å². The van der Waals surface area contributed by atoms with Gasteiger partial charge in [0.2, 0.25) is 5.88 Å². The average Bonchev–Trinajstić information content (AvgIpc) is 3.20. The van der Waals surface area contributed by atoms with Crippen molar-refractivity contribution >= 4 is 23.0 Å². The summed E-state index contributed by atoms with van der Waals surface area (Å²) in [5.74, 6) is -0.734. The maximum Gasteiger partial charge on any atom is 0.338 e. The highest BCUT2D eigenvalue weighted by molar-refractivity contribution is 5.89. The van der Waals surface area contributed by atoms with E-state index < -0.39 is 30.4 Å². The summed E-state index contributed by atoms with van der Waals surface area (Å²) in [4.78, 5) is 33.5. The topological polar surface area (TPSA) is 102 Å². The molecule has 1 saturated carbocycles. The van der Waals surface area contributed by atoms with Crippen LogP contribution in [0, 0.1) is 12.8 Å². The van der Waals surface area contributed by atoms with Crippen molar-refractivity contribution in [1.82, 2.24) is 14.5 Å². The Morgan fingerprint density at radius 2 is 1.76 bits per heavy atom. The molecule has 3 heterocycles. The van der Waals surface area contributed by atoms with Crippen LogP contribution in [-0.4, -0.2) is 44.8 Å². The van der Waals surface area contributed by atoms with Crippen LogP contribution in [0.2, 0.25) is 0 Å². The van der Waals surface area contributed by atoms with E-state index in [1.54, 1.807) is 24.7 Å². The van der Waals surface area contributed by atoms with E-state index in [0.717, 1.165) is 16.6 Å². The van der Waals surface area contributed by atoms with Crippen LogP contribution >= 0.6 is 0 Å². The number of carbonyl (C=O) groups is 2. The molecule has 4 aromatic rings. The molecule has 37 heavy (non-hydrogen) atoms. The van der Waals surface area contributed by atoms with Gasteiger partial charge < -0.3 is 18.9 Å². The Morgan fingerprint density at radius 3 is 2.51 bits per heavy atom. The number of pyridine rings is 1. The number of imidazole rings is 1. The molecule has 0 spiro atoms. The SMILES string of the molecule is CC(=O)O[C@@H]1C2C(OC(=O)c3ccc(C)cc3)[C@H]2O[C@H]1n1cnc2c(OCc3ccccc3)nccc21. The van der Waals surface area contributed by atoms with Gasteiger partial charge in [-0.25, -0.2) is 14.8 Å². The van der Waals surface area contributed by atoms with E-state index in [1.807, 2.05) is 60.0 Å². The van der Waals surface area contributed by atoms with Crippen LogP contribution < -0.4 is 4.74 Å². The highest BCUT2D eigenvalue weighted by atomic mass is 16.6. The van der Waals surface area contributed by atoms with Crippen LogP contribution in [0.1, 0.15) is 34.6 Å². The maximum atomic E-state index is 12.6. The summed E-state index contributed by atoms with van der Waals surface area (Å²) >= 11 is 0. The number of ether oxygens (including phenoxy) is 4. The molecule has 2 unspecified atom stereocenters. The van der Waals surface area contributed by atoms with Gasteiger partial charge in [0, 0.05) is 13.1 Å². The Hall–Kier alpha value is -4.24. The summed E-state index contributed by atoms with van der Waals surface area (Å²) in [6.45, 7) is 3.66. The zero-order chi connectivity index (χ0) is 25.5. The molecule has 9 nitrogen and oxygen atoms in total. The van der Waals surface area contributed by atoms with Gasteiger partial charge in [0.05, 0.1) is 23.3 Å². The van der Waals surface area contributed by atoms with Crippen molar-refractivity contribution in [2.45, 2.75) is 45.0 Å². The number of rotatable bonds is 7. The van der Waals surface area contributed by atoms with E-state index >= 15 is 0 Å². The van der Waals surface area contributed by atoms with Crippen molar-refractivity contribution in [3.8, 4) is 5.88 Å². The smallest absolute Gasteiger partial charge is 0.338 e. The zero-order valence-corrected chi connectivity index (χ0v) is 20.3. The lowest BCUT2D eigenvalue weighted by Crippen LogP contribution is -2.31. The third kappa shape index (κ3) is 4.42. The first-order valence-electron chi connectivity index (χ1n) is 12.1. The summed E-state index contributed by atoms with van der Waals surface area (Å²) in [6, 6.07) is 18.8. The molecule has 9 heteroatoms. The quantitative estimate of drug-likeness (QED) is 0.352. The monoisotopic (exact) mass is 499 g/mol. The lowest BCUT2D eigenvalue weighted by molar-refractivity contribution is -0.157. The van der Waals surface area contributed by atoms with Crippen LogP contribution in [0.15, 0.2) is 73.2 Å². The predicted octanol–water partition coefficient (Wildman–Crippen LogP) is 4.00. The first kappa shape index (κ1) is 23.2. The second kappa shape index (κ2) is 9.33. The molecule has 1 aliphatic carbocycles. The maximum absolute atomic E-state index is 12.6. The summed E-state index contributed by atoms with van der Waals surface area (Å²) in [6.07, 6.45) is 1.14. The molecule has 5 atom stereocenters. The minimum Gasteiger partial charge on any atom is -0.471 e. The van der Waals surface area contributed by atoms with Crippen LogP contribution in [-0.2, 0) is 25.6 Å². The third-order valence-electron chi connectivity index (χ3n) is 6.68. The number of nitrogens with zero attached hydrogens (tertiary/aromatic N) is 3. The molecule has 1 aliphatic heterocycles. The minimum atomic E-state index is -0.641. The molecule has 2 aliphatic rings. The van der Waals surface area contributed by atoms with Gasteiger partial charge in [-0.1, -0.05) is 48.0 Å². The van der Waals surface area contributed by atoms with E-state index in [1.165, 1.54) is 6.92 Å². The molecule has 0 amide bonds. The van der Waals surface area contributed by atoms with E-state index in [2.05, 4.69) is 9.97 Å². The first-order chi connectivity index (χ1) is 18.0. The Kier molecular flexibility index (Phi) is 5.84. The zero-order valence-electron chi connectivity index (χ0n) is 20.3. The van der Waals surface area contributed by atoms with Gasteiger partial charge in [0.25, 0.3) is 0 Å². The molecule has 2 aromatic carbocycles. The molecule has 6 rings (SSSR count). The molecule has 0 bridgehead atoms. The van der Waals surface area contributed by atoms with Crippen LogP contribution in [0.3, 0.4) is 0 Å². The molecular weight excluding hydrogens is 474 g/mol. The second-order valence-electron chi connectivity index (χ2n) is 9.29. The fraction of sp³-hybridized carbons (Fsp3) is 0.286. The number of esters is 2. The molecule has 1 saturated heterocycles. The molecule has 0 radical (unpaired) electrons. The van der Waals surface area contributed by atoms with Gasteiger partial charge in [-0.3, -0.25) is 9.36 Å². The fourth-order valence-corrected chi connectivity index (χ4v) is 4.80. The largest absolute Gasteiger partial charge is 0.471 e. The van der Waals surface area contributed by atoms with Crippen LogP contribution in [0.4, 0.5) is 0 Å². The van der Waals surface area contributed by atoms with Crippen LogP contribution in [0.25, 0.3) is 11.0 Å². The Bertz CT molecular complexity index is 1450. The van der Waals surface area contributed by atoms with Gasteiger partial charge in [0.1, 0.15) is 18.8 Å². The van der Waals surface area contributed by atoms with Gasteiger partial charge in [-0.2, -0.15) is 0 Å². The number of fused-ring (bicyclic) bond motifs is 2. The molecule has 0 N–H and O–H groups in total. The average molecular weight is 500 g/mol. The van der Waals surface area contributed by atoms with Gasteiger partial charge in [-0.15, -0.1) is 0 Å². The van der Waals surface area contributed by atoms with Crippen molar-refractivity contribution in [2.75, 3.05) is 0 Å². The van der Waals surface area contributed by atoms with Gasteiger partial charge in [0.15, 0.2) is 17.8 Å². The number of aryl methyl sites for hydroxylation is 1. The van der Waals surface area contributed by atoms with Crippen LogP contribution in [0.5, 0.6) is 5.88 Å². The number of carbonyl (C=O) groups excluding carboxylic acids is 2. The number of hydrogen-bond acceptors (Lipinski definition) is 8. The van der Waals surface area contributed by atoms with Gasteiger partial charge in [-0.05, 0) is 30.7 Å². The highest BCUT2D eigenvalue weighted by Gasteiger charge is 2.68. The summed E-state index contributed by atoms with van der Waals surface area (Å²) in [7, 11) is 0. The lowest BCUT2D eigenvalue weighted by atomic mass is 10.1. The predicted molar refractivity (Wildman–Crippen MR) is 132 cm³/mol. The molecule has 188 valence electrons. The van der Waals surface area contributed by atoms with E-state index in [-0.39, 0.29) is 12.0 Å². The Balaban J connectivity index is 1.21. The Labute approximate surface area is 213 Å².